The van der Waals surface area contributed by atoms with E-state index in [-0.39, 0.29) is 22.8 Å². The molecule has 176 valence electrons. The predicted octanol–water partition coefficient (Wildman–Crippen LogP) is 7.05. The number of rotatable bonds is 5. The van der Waals surface area contributed by atoms with Crippen LogP contribution in [-0.4, -0.2) is 15.5 Å². The van der Waals surface area contributed by atoms with Crippen LogP contribution in [0.2, 0.25) is 5.02 Å². The van der Waals surface area contributed by atoms with Gasteiger partial charge in [0.05, 0.1) is 23.7 Å². The van der Waals surface area contributed by atoms with Crippen LogP contribution in [-0.2, 0) is 10.0 Å². The molecular formula is C26H24BrClN2O3S. The van der Waals surface area contributed by atoms with E-state index in [1.165, 1.54) is 0 Å². The molecule has 5 rings (SSSR count). The highest BCUT2D eigenvalue weighted by atomic mass is 79.9. The first kappa shape index (κ1) is 23.3. The van der Waals surface area contributed by atoms with Crippen LogP contribution in [0, 0.1) is 12.8 Å². The number of benzene rings is 3. The second-order valence-electron chi connectivity index (χ2n) is 8.68. The molecule has 3 aromatic carbocycles. The topological polar surface area (TPSA) is 67.4 Å². The maximum absolute atomic E-state index is 13.2. The predicted molar refractivity (Wildman–Crippen MR) is 140 cm³/mol. The van der Waals surface area contributed by atoms with Crippen molar-refractivity contribution in [2.75, 3.05) is 17.1 Å². The number of aryl methyl sites for hydroxylation is 1. The molecule has 0 bridgehead atoms. The van der Waals surface area contributed by atoms with Gasteiger partial charge in [-0.1, -0.05) is 45.7 Å². The van der Waals surface area contributed by atoms with E-state index in [9.17, 15) is 8.42 Å². The lowest BCUT2D eigenvalue weighted by molar-refractivity contribution is 0.381. The van der Waals surface area contributed by atoms with Crippen LogP contribution in [0.15, 0.2) is 76.1 Å². The molecule has 3 atom stereocenters. The summed E-state index contributed by atoms with van der Waals surface area (Å²) in [6.07, 6.45) is 5.26. The summed E-state index contributed by atoms with van der Waals surface area (Å²) in [4.78, 5) is 0.227. The van der Waals surface area contributed by atoms with Crippen LogP contribution < -0.4 is 14.8 Å². The smallest absolute Gasteiger partial charge is 0.261 e. The van der Waals surface area contributed by atoms with Gasteiger partial charge in [0.25, 0.3) is 10.0 Å². The van der Waals surface area contributed by atoms with E-state index in [0.717, 1.165) is 39.0 Å². The average Bonchev–Trinajstić information content (AvgIpc) is 3.31. The Morgan fingerprint density at radius 2 is 1.91 bits per heavy atom. The van der Waals surface area contributed by atoms with Crippen molar-refractivity contribution in [2.24, 2.45) is 5.92 Å². The fourth-order valence-electron chi connectivity index (χ4n) is 4.90. The molecule has 0 saturated carbocycles. The second kappa shape index (κ2) is 8.95. The molecule has 2 aliphatic rings. The number of nitrogens with one attached hydrogen (secondary N) is 2. The molecule has 0 unspecified atom stereocenters. The number of halogens is 2. The number of fused-ring (bicyclic) bond motifs is 3. The van der Waals surface area contributed by atoms with Gasteiger partial charge >= 0.3 is 0 Å². The lowest BCUT2D eigenvalue weighted by atomic mass is 9.77. The van der Waals surface area contributed by atoms with Gasteiger partial charge in [0.2, 0.25) is 0 Å². The zero-order valence-corrected chi connectivity index (χ0v) is 21.8. The van der Waals surface area contributed by atoms with Crippen molar-refractivity contribution in [2.45, 2.75) is 30.2 Å². The van der Waals surface area contributed by atoms with Gasteiger partial charge in [-0.15, -0.1) is 0 Å². The van der Waals surface area contributed by atoms with Crippen LogP contribution in [0.4, 0.5) is 11.4 Å². The van der Waals surface area contributed by atoms with E-state index >= 15 is 0 Å². The largest absolute Gasteiger partial charge is 0.496 e. The van der Waals surface area contributed by atoms with Gasteiger partial charge in [-0.05, 0) is 78.9 Å². The minimum atomic E-state index is -3.78. The van der Waals surface area contributed by atoms with Crippen molar-refractivity contribution in [1.82, 2.24) is 0 Å². The highest BCUT2D eigenvalue weighted by Gasteiger charge is 2.39. The quantitative estimate of drug-likeness (QED) is 0.329. The van der Waals surface area contributed by atoms with Gasteiger partial charge < -0.3 is 10.1 Å². The van der Waals surface area contributed by atoms with Crippen LogP contribution >= 0.6 is 27.5 Å². The highest BCUT2D eigenvalue weighted by molar-refractivity contribution is 9.10. The molecule has 1 aliphatic carbocycles. The Labute approximate surface area is 213 Å². The van der Waals surface area contributed by atoms with Gasteiger partial charge in [0, 0.05) is 26.7 Å². The van der Waals surface area contributed by atoms with E-state index in [0.29, 0.717) is 10.7 Å². The number of hydrogen-bond acceptors (Lipinski definition) is 4. The monoisotopic (exact) mass is 558 g/mol. The van der Waals surface area contributed by atoms with E-state index in [2.05, 4.69) is 44.2 Å². The van der Waals surface area contributed by atoms with E-state index in [1.54, 1.807) is 37.4 Å². The normalized spacial score (nSPS) is 20.9. The first-order valence-electron chi connectivity index (χ1n) is 11.0. The summed E-state index contributed by atoms with van der Waals surface area (Å²) in [5.41, 5.74) is 4.27. The van der Waals surface area contributed by atoms with Crippen molar-refractivity contribution in [3.63, 3.8) is 0 Å². The minimum Gasteiger partial charge on any atom is -0.496 e. The lowest BCUT2D eigenvalue weighted by Gasteiger charge is -2.38. The minimum absolute atomic E-state index is 0.0367. The van der Waals surface area contributed by atoms with Crippen molar-refractivity contribution in [1.29, 1.82) is 0 Å². The molecule has 34 heavy (non-hydrogen) atoms. The van der Waals surface area contributed by atoms with Crippen molar-refractivity contribution < 1.29 is 13.2 Å². The maximum atomic E-state index is 13.2. The Hall–Kier alpha value is -2.48. The van der Waals surface area contributed by atoms with Crippen LogP contribution in [0.25, 0.3) is 0 Å². The number of ether oxygens (including phenoxy) is 1. The Balaban J connectivity index is 1.52. The average molecular weight is 560 g/mol. The summed E-state index contributed by atoms with van der Waals surface area (Å²) in [7, 11) is -2.10. The maximum Gasteiger partial charge on any atom is 0.261 e. The van der Waals surface area contributed by atoms with Crippen molar-refractivity contribution in [3.05, 3.63) is 92.9 Å². The van der Waals surface area contributed by atoms with E-state index in [1.807, 2.05) is 25.1 Å². The van der Waals surface area contributed by atoms with Gasteiger partial charge in [0.1, 0.15) is 5.75 Å². The summed E-state index contributed by atoms with van der Waals surface area (Å²) in [6.45, 7) is 1.84. The summed E-state index contributed by atoms with van der Waals surface area (Å²) < 4.78 is 35.8. The SMILES string of the molecule is COc1ccc(Br)cc1[C@H]1Nc2ccc(S(=O)(=O)Nc3cc(Cl)ccc3C)cc2[C@H]2C=CC[C@H]21. The van der Waals surface area contributed by atoms with Crippen LogP contribution in [0.3, 0.4) is 0 Å². The third-order valence-electron chi connectivity index (χ3n) is 6.62. The molecule has 1 aliphatic heterocycles. The molecule has 0 saturated heterocycles. The third-order valence-corrected chi connectivity index (χ3v) is 8.71. The molecule has 0 fully saturated rings. The standard InChI is InChI=1S/C26H24BrClN2O3S/c1-15-6-8-17(28)13-24(15)30-34(31,32)18-9-10-23-21(14-18)19-4-3-5-20(19)26(29-23)22-12-16(27)7-11-25(22)33-2/h3-4,6-14,19-20,26,29-30H,5H2,1-2H3/t19-,20+,26-/m0/s1. The third kappa shape index (κ3) is 4.21. The van der Waals surface area contributed by atoms with E-state index in [4.69, 9.17) is 16.3 Å². The Bertz CT molecular complexity index is 1410. The Morgan fingerprint density at radius 3 is 2.71 bits per heavy atom. The number of hydrogen-bond donors (Lipinski definition) is 2. The number of allylic oxidation sites excluding steroid dienone is 2. The summed E-state index contributed by atoms with van der Waals surface area (Å²) >= 11 is 9.66. The van der Waals surface area contributed by atoms with Crippen LogP contribution in [0.5, 0.6) is 5.75 Å². The first-order chi connectivity index (χ1) is 16.3. The molecule has 8 heteroatoms. The lowest BCUT2D eigenvalue weighted by Crippen LogP contribution is -2.29. The highest BCUT2D eigenvalue weighted by Crippen LogP contribution is 2.51. The molecular weight excluding hydrogens is 536 g/mol. The second-order valence-corrected chi connectivity index (χ2v) is 11.7. The zero-order chi connectivity index (χ0) is 24.0. The van der Waals surface area contributed by atoms with Crippen LogP contribution in [0.1, 0.15) is 35.1 Å². The fraction of sp³-hybridized carbons (Fsp3) is 0.231. The number of anilines is 2. The molecule has 1 heterocycles. The van der Waals surface area contributed by atoms with E-state index < -0.39 is 10.0 Å². The number of methoxy groups -OCH3 is 1. The molecule has 0 aromatic heterocycles. The fourth-order valence-corrected chi connectivity index (χ4v) is 6.61. The first-order valence-corrected chi connectivity index (χ1v) is 13.6. The Kier molecular flexibility index (Phi) is 6.12. The summed E-state index contributed by atoms with van der Waals surface area (Å²) in [5.74, 6) is 1.18. The van der Waals surface area contributed by atoms with Gasteiger partial charge in [-0.3, -0.25) is 4.72 Å². The molecule has 0 amide bonds. The van der Waals surface area contributed by atoms with Gasteiger partial charge in [-0.25, -0.2) is 8.42 Å². The van der Waals surface area contributed by atoms with Crippen molar-refractivity contribution >= 4 is 48.9 Å². The van der Waals surface area contributed by atoms with Gasteiger partial charge in [0.15, 0.2) is 0 Å². The molecule has 0 spiro atoms. The summed E-state index contributed by atoms with van der Waals surface area (Å²) in [5, 5.41) is 4.14. The molecule has 3 aromatic rings. The summed E-state index contributed by atoms with van der Waals surface area (Å²) in [6, 6.07) is 16.5. The molecule has 2 N–H and O–H groups in total. The van der Waals surface area contributed by atoms with Crippen molar-refractivity contribution in [3.8, 4) is 5.75 Å². The molecule has 0 radical (unpaired) electrons. The zero-order valence-electron chi connectivity index (χ0n) is 18.7. The molecule has 5 nitrogen and oxygen atoms in total. The number of sulfonamides is 1. The Morgan fingerprint density at radius 1 is 1.09 bits per heavy atom. The van der Waals surface area contributed by atoms with Gasteiger partial charge in [-0.2, -0.15) is 0 Å².